The van der Waals surface area contributed by atoms with Crippen molar-refractivity contribution >= 4 is 50.0 Å². The van der Waals surface area contributed by atoms with Crippen LogP contribution in [0.2, 0.25) is 5.15 Å². The lowest BCUT2D eigenvalue weighted by Crippen LogP contribution is -2.15. The molecule has 0 saturated heterocycles. The van der Waals surface area contributed by atoms with Crippen LogP contribution in [-0.2, 0) is 0 Å². The Kier molecular flexibility index (Phi) is 3.86. The van der Waals surface area contributed by atoms with Crippen LogP contribution < -0.4 is 5.32 Å². The molecule has 0 saturated carbocycles. The average Bonchev–Trinajstić information content (AvgIpc) is 2.49. The van der Waals surface area contributed by atoms with Gasteiger partial charge >= 0.3 is 0 Å². The number of halogens is 2. The topological polar surface area (TPSA) is 54.9 Å². The highest BCUT2D eigenvalue weighted by Gasteiger charge is 2.13. The highest BCUT2D eigenvalue weighted by atomic mass is 79.9. The first-order valence-electron chi connectivity index (χ1n) is 6.12. The molecule has 2 aromatic heterocycles. The molecule has 4 nitrogen and oxygen atoms in total. The highest BCUT2D eigenvalue weighted by molar-refractivity contribution is 9.10. The van der Waals surface area contributed by atoms with Crippen molar-refractivity contribution in [2.24, 2.45) is 0 Å². The maximum absolute atomic E-state index is 12.3. The van der Waals surface area contributed by atoms with Gasteiger partial charge in [-0.05, 0) is 39.5 Å². The van der Waals surface area contributed by atoms with E-state index in [1.165, 1.54) is 0 Å². The van der Waals surface area contributed by atoms with Gasteiger partial charge in [0, 0.05) is 11.6 Å². The van der Waals surface area contributed by atoms with Crippen LogP contribution in [0.25, 0.3) is 10.8 Å². The first-order valence-corrected chi connectivity index (χ1v) is 7.29. The Balaban J connectivity index is 1.97. The third-order valence-corrected chi connectivity index (χ3v) is 3.84. The fraction of sp³-hybridized carbons (Fsp3) is 0. The Morgan fingerprint density at radius 2 is 2.00 bits per heavy atom. The summed E-state index contributed by atoms with van der Waals surface area (Å²) in [5.41, 5.74) is 0.247. The van der Waals surface area contributed by atoms with E-state index in [9.17, 15) is 4.79 Å². The number of nitrogens with zero attached hydrogens (tertiary/aromatic N) is 2. The zero-order chi connectivity index (χ0) is 14.8. The van der Waals surface area contributed by atoms with Crippen LogP contribution in [-0.4, -0.2) is 15.9 Å². The summed E-state index contributed by atoms with van der Waals surface area (Å²) in [6.07, 6.45) is 1.60. The van der Waals surface area contributed by atoms with Crippen LogP contribution in [0.1, 0.15) is 10.5 Å². The Hall–Kier alpha value is -1.98. The van der Waals surface area contributed by atoms with Gasteiger partial charge < -0.3 is 5.32 Å². The minimum Gasteiger partial charge on any atom is -0.304 e. The second-order valence-electron chi connectivity index (χ2n) is 4.31. The summed E-state index contributed by atoms with van der Waals surface area (Å²) in [6.45, 7) is 0. The van der Waals surface area contributed by atoms with Crippen molar-refractivity contribution in [3.63, 3.8) is 0 Å². The molecule has 1 N–H and O–H groups in total. The van der Waals surface area contributed by atoms with Crippen molar-refractivity contribution in [1.82, 2.24) is 9.97 Å². The number of fused-ring (bicyclic) bond motifs is 1. The molecule has 0 fully saturated rings. The first-order chi connectivity index (χ1) is 10.1. The van der Waals surface area contributed by atoms with Gasteiger partial charge in [0.05, 0.1) is 4.47 Å². The van der Waals surface area contributed by atoms with Gasteiger partial charge in [0.1, 0.15) is 16.7 Å². The standard InChI is InChI=1S/C15H9BrClN3O/c16-11-6-3-7-18-14(11)20-15(21)12-8-9-4-1-2-5-10(9)13(17)19-12/h1-8H,(H,18,20,21). The maximum Gasteiger partial charge on any atom is 0.275 e. The molecule has 3 aromatic rings. The fourth-order valence-corrected chi connectivity index (χ4v) is 2.54. The van der Waals surface area contributed by atoms with Crippen molar-refractivity contribution in [3.05, 3.63) is 64.0 Å². The van der Waals surface area contributed by atoms with E-state index in [1.54, 1.807) is 24.4 Å². The molecule has 3 rings (SSSR count). The minimum absolute atomic E-state index is 0.247. The lowest BCUT2D eigenvalue weighted by atomic mass is 10.1. The van der Waals surface area contributed by atoms with Gasteiger partial charge in [0.15, 0.2) is 0 Å². The van der Waals surface area contributed by atoms with Crippen LogP contribution in [0.15, 0.2) is 53.1 Å². The summed E-state index contributed by atoms with van der Waals surface area (Å²) in [7, 11) is 0. The predicted octanol–water partition coefficient (Wildman–Crippen LogP) is 4.30. The Labute approximate surface area is 134 Å². The van der Waals surface area contributed by atoms with E-state index in [0.29, 0.717) is 15.4 Å². The first kappa shape index (κ1) is 14.0. The molecule has 0 aliphatic heterocycles. The zero-order valence-corrected chi connectivity index (χ0v) is 13.0. The molecule has 104 valence electrons. The lowest BCUT2D eigenvalue weighted by molar-refractivity contribution is 0.102. The van der Waals surface area contributed by atoms with E-state index in [2.05, 4.69) is 31.2 Å². The van der Waals surface area contributed by atoms with Gasteiger partial charge in [-0.1, -0.05) is 35.9 Å². The SMILES string of the molecule is O=C(Nc1ncccc1Br)c1cc2ccccc2c(Cl)n1. The van der Waals surface area contributed by atoms with Crippen molar-refractivity contribution in [2.45, 2.75) is 0 Å². The summed E-state index contributed by atoms with van der Waals surface area (Å²) >= 11 is 9.45. The number of hydrogen-bond acceptors (Lipinski definition) is 3. The Morgan fingerprint density at radius 1 is 1.19 bits per heavy atom. The van der Waals surface area contributed by atoms with Crippen molar-refractivity contribution < 1.29 is 4.79 Å². The van der Waals surface area contributed by atoms with E-state index in [0.717, 1.165) is 10.8 Å². The van der Waals surface area contributed by atoms with Gasteiger partial charge in [0.25, 0.3) is 5.91 Å². The van der Waals surface area contributed by atoms with Gasteiger partial charge in [0.2, 0.25) is 0 Å². The van der Waals surface area contributed by atoms with Crippen molar-refractivity contribution in [1.29, 1.82) is 0 Å². The van der Waals surface area contributed by atoms with Gasteiger partial charge in [-0.3, -0.25) is 4.79 Å². The van der Waals surface area contributed by atoms with Crippen LogP contribution >= 0.6 is 27.5 Å². The van der Waals surface area contributed by atoms with E-state index < -0.39 is 0 Å². The average molecular weight is 363 g/mol. The molecule has 0 radical (unpaired) electrons. The molecular weight excluding hydrogens is 354 g/mol. The predicted molar refractivity (Wildman–Crippen MR) is 86.6 cm³/mol. The second kappa shape index (κ2) is 5.79. The molecule has 0 aliphatic rings. The van der Waals surface area contributed by atoms with Crippen LogP contribution in [0, 0.1) is 0 Å². The fourth-order valence-electron chi connectivity index (χ4n) is 1.92. The maximum atomic E-state index is 12.3. The molecule has 1 aromatic carbocycles. The van der Waals surface area contributed by atoms with Gasteiger partial charge in [-0.2, -0.15) is 0 Å². The lowest BCUT2D eigenvalue weighted by Gasteiger charge is -2.07. The summed E-state index contributed by atoms with van der Waals surface area (Å²) in [5, 5.41) is 4.68. The number of pyridine rings is 2. The molecule has 6 heteroatoms. The molecule has 21 heavy (non-hydrogen) atoms. The molecule has 0 bridgehead atoms. The number of nitrogens with one attached hydrogen (secondary N) is 1. The Morgan fingerprint density at radius 3 is 2.81 bits per heavy atom. The summed E-state index contributed by atoms with van der Waals surface area (Å²) in [4.78, 5) is 20.5. The number of amides is 1. The number of anilines is 1. The molecule has 1 amide bonds. The third-order valence-electron chi connectivity index (χ3n) is 2.92. The normalized spacial score (nSPS) is 10.6. The second-order valence-corrected chi connectivity index (χ2v) is 5.52. The van der Waals surface area contributed by atoms with E-state index in [1.807, 2.05) is 24.3 Å². The van der Waals surface area contributed by atoms with Crippen LogP contribution in [0.4, 0.5) is 5.82 Å². The quantitative estimate of drug-likeness (QED) is 0.692. The molecule has 0 unspecified atom stereocenters. The van der Waals surface area contributed by atoms with E-state index in [-0.39, 0.29) is 11.6 Å². The zero-order valence-electron chi connectivity index (χ0n) is 10.7. The summed E-state index contributed by atoms with van der Waals surface area (Å²) in [5.74, 6) is 0.0793. The third kappa shape index (κ3) is 2.89. The number of carbonyl (C=O) groups is 1. The number of hydrogen-bond donors (Lipinski definition) is 1. The highest BCUT2D eigenvalue weighted by Crippen LogP contribution is 2.23. The van der Waals surface area contributed by atoms with Crippen molar-refractivity contribution in [3.8, 4) is 0 Å². The molecule has 0 aliphatic carbocycles. The van der Waals surface area contributed by atoms with Crippen LogP contribution in [0.5, 0.6) is 0 Å². The van der Waals surface area contributed by atoms with Gasteiger partial charge in [-0.25, -0.2) is 9.97 Å². The minimum atomic E-state index is -0.359. The largest absolute Gasteiger partial charge is 0.304 e. The van der Waals surface area contributed by atoms with E-state index in [4.69, 9.17) is 11.6 Å². The molecule has 2 heterocycles. The summed E-state index contributed by atoms with van der Waals surface area (Å²) in [6, 6.07) is 12.8. The number of rotatable bonds is 2. The molecule has 0 atom stereocenters. The van der Waals surface area contributed by atoms with Crippen molar-refractivity contribution in [2.75, 3.05) is 5.32 Å². The van der Waals surface area contributed by atoms with Gasteiger partial charge in [-0.15, -0.1) is 0 Å². The van der Waals surface area contributed by atoms with E-state index >= 15 is 0 Å². The number of benzene rings is 1. The van der Waals surface area contributed by atoms with Crippen LogP contribution in [0.3, 0.4) is 0 Å². The number of aromatic nitrogens is 2. The molecule has 0 spiro atoms. The number of carbonyl (C=O) groups excluding carboxylic acids is 1. The monoisotopic (exact) mass is 361 g/mol. The Bertz CT molecular complexity index is 838. The summed E-state index contributed by atoms with van der Waals surface area (Å²) < 4.78 is 0.699. The molecular formula is C15H9BrClN3O. The smallest absolute Gasteiger partial charge is 0.275 e.